The van der Waals surface area contributed by atoms with E-state index in [0.717, 1.165) is 6.42 Å². The monoisotopic (exact) mass is 343 g/mol. The largest absolute Gasteiger partial charge is 0.394 e. The lowest BCUT2D eigenvalue weighted by atomic mass is 10.00. The van der Waals surface area contributed by atoms with E-state index >= 15 is 0 Å². The van der Waals surface area contributed by atoms with Crippen LogP contribution in [0.1, 0.15) is 20.3 Å². The molecular formula is C17H21N5O3. The van der Waals surface area contributed by atoms with Crippen LogP contribution in [0.2, 0.25) is 0 Å². The summed E-state index contributed by atoms with van der Waals surface area (Å²) in [5.74, 6) is -0.159. The van der Waals surface area contributed by atoms with Crippen molar-refractivity contribution >= 4 is 22.5 Å². The molecule has 2 atom stereocenters. The number of nitrogens with one attached hydrogen (secondary N) is 1. The maximum absolute atomic E-state index is 12.6. The van der Waals surface area contributed by atoms with E-state index < -0.39 is 0 Å². The van der Waals surface area contributed by atoms with Crippen molar-refractivity contribution in [2.45, 2.75) is 32.9 Å². The van der Waals surface area contributed by atoms with Crippen LogP contribution in [0.5, 0.6) is 0 Å². The third-order valence-corrected chi connectivity index (χ3v) is 4.54. The number of carbonyl (C=O) groups is 1. The first kappa shape index (κ1) is 17.1. The van der Waals surface area contributed by atoms with Crippen LogP contribution in [0.25, 0.3) is 16.6 Å². The maximum Gasteiger partial charge on any atom is 0.262 e. The van der Waals surface area contributed by atoms with Gasteiger partial charge in [-0.3, -0.25) is 9.59 Å². The molecule has 1 amide bonds. The standard InChI is InChI=1S/C17H21N5O3/c1-3-11(2)13(10-23)20-16(24)9-21-7-5-14-12(17(21)25)8-18-15-4-6-19-22(14)15/h4-8,11,13,23H,3,9-10H2,1-2H3,(H,20,24)/t11-,13-/m1/s1. The van der Waals surface area contributed by atoms with Crippen LogP contribution < -0.4 is 10.9 Å². The summed E-state index contributed by atoms with van der Waals surface area (Å²) < 4.78 is 2.92. The number of aromatic nitrogens is 4. The third kappa shape index (κ3) is 3.25. The lowest BCUT2D eigenvalue weighted by molar-refractivity contribution is -0.123. The van der Waals surface area contributed by atoms with Gasteiger partial charge >= 0.3 is 0 Å². The van der Waals surface area contributed by atoms with Crippen LogP contribution in [0, 0.1) is 5.92 Å². The van der Waals surface area contributed by atoms with Gasteiger partial charge in [-0.15, -0.1) is 0 Å². The molecule has 3 aromatic rings. The van der Waals surface area contributed by atoms with E-state index in [1.165, 1.54) is 10.8 Å². The Morgan fingerprint density at radius 3 is 2.92 bits per heavy atom. The van der Waals surface area contributed by atoms with Gasteiger partial charge in [0.2, 0.25) is 5.91 Å². The molecule has 0 bridgehead atoms. The lowest BCUT2D eigenvalue weighted by Gasteiger charge is -2.22. The van der Waals surface area contributed by atoms with Gasteiger partial charge in [0.15, 0.2) is 5.65 Å². The Hall–Kier alpha value is -2.74. The van der Waals surface area contributed by atoms with Crippen molar-refractivity contribution < 1.29 is 9.90 Å². The molecule has 3 heterocycles. The predicted molar refractivity (Wildman–Crippen MR) is 93.2 cm³/mol. The Bertz CT molecular complexity index is 962. The normalized spacial score (nSPS) is 13.9. The summed E-state index contributed by atoms with van der Waals surface area (Å²) >= 11 is 0. The highest BCUT2D eigenvalue weighted by atomic mass is 16.3. The maximum atomic E-state index is 12.6. The first-order chi connectivity index (χ1) is 12.0. The number of amides is 1. The van der Waals surface area contributed by atoms with E-state index in [2.05, 4.69) is 15.4 Å². The zero-order valence-electron chi connectivity index (χ0n) is 14.2. The zero-order valence-corrected chi connectivity index (χ0v) is 14.2. The number of hydrogen-bond donors (Lipinski definition) is 2. The molecule has 0 aliphatic heterocycles. The number of fused-ring (bicyclic) bond motifs is 3. The lowest BCUT2D eigenvalue weighted by Crippen LogP contribution is -2.44. The fraction of sp³-hybridized carbons (Fsp3) is 0.412. The Labute approximate surface area is 144 Å². The van der Waals surface area contributed by atoms with Crippen molar-refractivity contribution in [2.24, 2.45) is 5.92 Å². The Kier molecular flexibility index (Phi) is 4.80. The molecule has 0 radical (unpaired) electrons. The summed E-state index contributed by atoms with van der Waals surface area (Å²) in [6, 6.07) is 3.17. The summed E-state index contributed by atoms with van der Waals surface area (Å²) in [6.07, 6.45) is 5.53. The van der Waals surface area contributed by atoms with Crippen molar-refractivity contribution in [2.75, 3.05) is 6.61 Å². The minimum atomic E-state index is -0.320. The molecule has 0 spiro atoms. The first-order valence-electron chi connectivity index (χ1n) is 8.27. The first-order valence-corrected chi connectivity index (χ1v) is 8.27. The second-order valence-corrected chi connectivity index (χ2v) is 6.15. The molecule has 0 aromatic carbocycles. The predicted octanol–water partition coefficient (Wildman–Crippen LogP) is 0.567. The third-order valence-electron chi connectivity index (χ3n) is 4.54. The highest BCUT2D eigenvalue weighted by Gasteiger charge is 2.18. The van der Waals surface area contributed by atoms with Gasteiger partial charge in [0.05, 0.1) is 29.7 Å². The van der Waals surface area contributed by atoms with Gasteiger partial charge in [-0.05, 0) is 12.0 Å². The van der Waals surface area contributed by atoms with Crippen LogP contribution in [0.3, 0.4) is 0 Å². The van der Waals surface area contributed by atoms with Crippen LogP contribution in [-0.2, 0) is 11.3 Å². The number of pyridine rings is 1. The molecule has 0 unspecified atom stereocenters. The van der Waals surface area contributed by atoms with Crippen molar-refractivity contribution in [1.82, 2.24) is 24.5 Å². The molecule has 2 N–H and O–H groups in total. The van der Waals surface area contributed by atoms with Crippen LogP contribution in [-0.4, -0.2) is 42.8 Å². The fourth-order valence-corrected chi connectivity index (χ4v) is 2.78. The molecule has 8 heteroatoms. The van der Waals surface area contributed by atoms with Crippen LogP contribution in [0.4, 0.5) is 0 Å². The van der Waals surface area contributed by atoms with Gasteiger partial charge in [0, 0.05) is 18.5 Å². The number of aliphatic hydroxyl groups excluding tert-OH is 1. The highest BCUT2D eigenvalue weighted by Crippen LogP contribution is 2.10. The Morgan fingerprint density at radius 2 is 2.20 bits per heavy atom. The quantitative estimate of drug-likeness (QED) is 0.681. The molecule has 0 saturated heterocycles. The molecule has 0 aliphatic rings. The number of nitrogens with zero attached hydrogens (tertiary/aromatic N) is 4. The topological polar surface area (TPSA) is 102 Å². The minimum absolute atomic E-state index is 0.112. The fourth-order valence-electron chi connectivity index (χ4n) is 2.78. The highest BCUT2D eigenvalue weighted by molar-refractivity contribution is 5.80. The van der Waals surface area contributed by atoms with Crippen LogP contribution in [0.15, 0.2) is 35.5 Å². The number of hydrogen-bond acceptors (Lipinski definition) is 5. The van der Waals surface area contributed by atoms with Crippen molar-refractivity contribution in [3.63, 3.8) is 0 Å². The zero-order chi connectivity index (χ0) is 18.0. The van der Waals surface area contributed by atoms with Gasteiger partial charge in [-0.2, -0.15) is 5.10 Å². The van der Waals surface area contributed by atoms with E-state index in [0.29, 0.717) is 16.6 Å². The van der Waals surface area contributed by atoms with E-state index in [1.807, 2.05) is 13.8 Å². The summed E-state index contributed by atoms with van der Waals surface area (Å²) in [7, 11) is 0. The second kappa shape index (κ2) is 7.02. The average molecular weight is 343 g/mol. The summed E-state index contributed by atoms with van der Waals surface area (Å²) in [4.78, 5) is 29.1. The molecule has 25 heavy (non-hydrogen) atoms. The number of carbonyl (C=O) groups excluding carboxylic acids is 1. The number of rotatable bonds is 6. The molecule has 3 rings (SSSR count). The Morgan fingerprint density at radius 1 is 1.40 bits per heavy atom. The van der Waals surface area contributed by atoms with Gasteiger partial charge in [-0.25, -0.2) is 9.50 Å². The van der Waals surface area contributed by atoms with E-state index in [9.17, 15) is 14.7 Å². The summed E-state index contributed by atoms with van der Waals surface area (Å²) in [5.41, 5.74) is 0.993. The van der Waals surface area contributed by atoms with E-state index in [1.54, 1.807) is 29.0 Å². The molecular weight excluding hydrogens is 322 g/mol. The van der Waals surface area contributed by atoms with Crippen molar-refractivity contribution in [1.29, 1.82) is 0 Å². The molecule has 8 nitrogen and oxygen atoms in total. The van der Waals surface area contributed by atoms with Crippen LogP contribution >= 0.6 is 0 Å². The van der Waals surface area contributed by atoms with E-state index in [-0.39, 0.29) is 36.6 Å². The van der Waals surface area contributed by atoms with Gasteiger partial charge in [0.25, 0.3) is 5.56 Å². The van der Waals surface area contributed by atoms with Gasteiger partial charge < -0.3 is 15.0 Å². The van der Waals surface area contributed by atoms with Gasteiger partial charge in [0.1, 0.15) is 6.54 Å². The summed E-state index contributed by atoms with van der Waals surface area (Å²) in [6.45, 7) is 3.72. The SMILES string of the molecule is CC[C@@H](C)[C@@H](CO)NC(=O)Cn1ccc2c(cnc3ccnn32)c1=O. The molecule has 132 valence electrons. The van der Waals surface area contributed by atoms with E-state index in [4.69, 9.17) is 0 Å². The smallest absolute Gasteiger partial charge is 0.262 e. The molecule has 3 aromatic heterocycles. The minimum Gasteiger partial charge on any atom is -0.394 e. The summed E-state index contributed by atoms with van der Waals surface area (Å²) in [5, 5.41) is 16.8. The average Bonchev–Trinajstić information content (AvgIpc) is 3.10. The molecule has 0 aliphatic carbocycles. The van der Waals surface area contributed by atoms with Gasteiger partial charge in [-0.1, -0.05) is 20.3 Å². The molecule has 0 saturated carbocycles. The molecule has 0 fully saturated rings. The Balaban J connectivity index is 1.86. The van der Waals surface area contributed by atoms with Crippen molar-refractivity contribution in [3.8, 4) is 0 Å². The van der Waals surface area contributed by atoms with Crippen molar-refractivity contribution in [3.05, 3.63) is 41.1 Å². The second-order valence-electron chi connectivity index (χ2n) is 6.15. The number of aliphatic hydroxyl groups is 1.